The summed E-state index contributed by atoms with van der Waals surface area (Å²) in [4.78, 5) is 8.67. The Morgan fingerprint density at radius 2 is 1.91 bits per heavy atom. The van der Waals surface area contributed by atoms with E-state index in [2.05, 4.69) is 41.3 Å². The van der Waals surface area contributed by atoms with Gasteiger partial charge in [-0.05, 0) is 55.0 Å². The van der Waals surface area contributed by atoms with Crippen molar-refractivity contribution in [2.45, 2.75) is 12.8 Å². The lowest BCUT2D eigenvalue weighted by Gasteiger charge is -2.17. The largest absolute Gasteiger partial charge is 0.573 e. The first-order valence-corrected chi connectivity index (χ1v) is 10.4. The van der Waals surface area contributed by atoms with Crippen LogP contribution in [0.15, 0.2) is 68.6 Å². The number of ether oxygens (including phenoxy) is 1. The number of oxazole rings is 1. The Kier molecular flexibility index (Phi) is 6.28. The number of allylic oxidation sites excluding steroid dienone is 1. The number of para-hydroxylation sites is 1. The number of anilines is 2. The molecule has 0 bridgehead atoms. The van der Waals surface area contributed by atoms with Crippen molar-refractivity contribution < 1.29 is 22.3 Å². The van der Waals surface area contributed by atoms with E-state index in [0.717, 1.165) is 0 Å². The van der Waals surface area contributed by atoms with Crippen LogP contribution in [0.2, 0.25) is 0 Å². The van der Waals surface area contributed by atoms with Gasteiger partial charge in [0.25, 0.3) is 0 Å². The lowest BCUT2D eigenvalue weighted by Crippen LogP contribution is -2.22. The molecule has 11 heteroatoms. The SMILES string of the molecule is FC(F)(F)Oc1cc(Br)ccc1NC(=S)Nc1ccccc1-c1nc2c(o1)=CCC=CN=2. The van der Waals surface area contributed by atoms with Crippen molar-refractivity contribution in [2.75, 3.05) is 10.6 Å². The van der Waals surface area contributed by atoms with Gasteiger partial charge in [0, 0.05) is 10.7 Å². The summed E-state index contributed by atoms with van der Waals surface area (Å²) in [5.41, 5.74) is 2.23. The molecule has 0 spiro atoms. The second-order valence-corrected chi connectivity index (χ2v) is 7.80. The first kappa shape index (κ1) is 22.0. The van der Waals surface area contributed by atoms with Crippen molar-refractivity contribution in [3.63, 3.8) is 0 Å². The minimum absolute atomic E-state index is 0.0449. The van der Waals surface area contributed by atoms with E-state index < -0.39 is 12.1 Å². The minimum Gasteiger partial charge on any atom is -0.435 e. The molecule has 0 aliphatic carbocycles. The second kappa shape index (κ2) is 9.13. The molecular formula is C21H14BrF3N4O2S. The average molecular weight is 523 g/mol. The molecule has 0 unspecified atom stereocenters. The van der Waals surface area contributed by atoms with Crippen molar-refractivity contribution >= 4 is 50.7 Å². The van der Waals surface area contributed by atoms with Gasteiger partial charge < -0.3 is 19.8 Å². The van der Waals surface area contributed by atoms with Gasteiger partial charge in [-0.25, -0.2) is 4.99 Å². The summed E-state index contributed by atoms with van der Waals surface area (Å²) >= 11 is 8.44. The third-order valence-electron chi connectivity index (χ3n) is 4.20. The van der Waals surface area contributed by atoms with Gasteiger partial charge >= 0.3 is 6.36 Å². The Labute approximate surface area is 193 Å². The lowest BCUT2D eigenvalue weighted by molar-refractivity contribution is -0.274. The minimum atomic E-state index is -4.85. The Morgan fingerprint density at radius 1 is 1.12 bits per heavy atom. The highest BCUT2D eigenvalue weighted by Gasteiger charge is 2.32. The number of alkyl halides is 3. The Bertz CT molecular complexity index is 1320. The number of benzene rings is 2. The highest BCUT2D eigenvalue weighted by molar-refractivity contribution is 9.10. The fourth-order valence-electron chi connectivity index (χ4n) is 2.89. The van der Waals surface area contributed by atoms with Crippen LogP contribution in [0, 0.1) is 0 Å². The van der Waals surface area contributed by atoms with Gasteiger partial charge in [0.05, 0.1) is 16.9 Å². The summed E-state index contributed by atoms with van der Waals surface area (Å²) < 4.78 is 48.6. The van der Waals surface area contributed by atoms with E-state index in [1.165, 1.54) is 12.1 Å². The quantitative estimate of drug-likeness (QED) is 0.463. The van der Waals surface area contributed by atoms with E-state index >= 15 is 0 Å². The number of aromatic nitrogens is 1. The van der Waals surface area contributed by atoms with Gasteiger partial charge in [-0.15, -0.1) is 13.2 Å². The molecule has 1 aliphatic rings. The summed E-state index contributed by atoms with van der Waals surface area (Å²) in [6, 6.07) is 11.3. The maximum absolute atomic E-state index is 12.8. The highest BCUT2D eigenvalue weighted by Crippen LogP contribution is 2.33. The number of thiocarbonyl (C=S) groups is 1. The predicted octanol–water partition coefficient (Wildman–Crippen LogP) is 5.13. The monoisotopic (exact) mass is 522 g/mol. The molecular weight excluding hydrogens is 509 g/mol. The molecule has 2 N–H and O–H groups in total. The van der Waals surface area contributed by atoms with Gasteiger partial charge in [0.2, 0.25) is 5.89 Å². The van der Waals surface area contributed by atoms with Crippen LogP contribution in [-0.2, 0) is 0 Å². The Balaban J connectivity index is 1.59. The van der Waals surface area contributed by atoms with Crippen LogP contribution in [-0.4, -0.2) is 16.5 Å². The van der Waals surface area contributed by atoms with Crippen molar-refractivity contribution in [3.8, 4) is 17.2 Å². The number of rotatable bonds is 4. The fraction of sp³-hybridized carbons (Fsp3) is 0.0952. The van der Waals surface area contributed by atoms with Gasteiger partial charge in [-0.3, -0.25) is 0 Å². The van der Waals surface area contributed by atoms with Gasteiger partial charge in [0.15, 0.2) is 21.8 Å². The maximum atomic E-state index is 12.8. The zero-order valence-electron chi connectivity index (χ0n) is 16.1. The molecule has 3 aromatic rings. The number of nitrogens with zero attached hydrogens (tertiary/aromatic N) is 2. The molecule has 0 atom stereocenters. The molecule has 0 amide bonds. The fourth-order valence-corrected chi connectivity index (χ4v) is 3.45. The molecule has 0 saturated heterocycles. The van der Waals surface area contributed by atoms with Gasteiger partial charge in [0.1, 0.15) is 0 Å². The van der Waals surface area contributed by atoms with Gasteiger partial charge in [-0.2, -0.15) is 4.98 Å². The van der Waals surface area contributed by atoms with Crippen LogP contribution in [0.5, 0.6) is 5.75 Å². The van der Waals surface area contributed by atoms with Crippen LogP contribution in [0.1, 0.15) is 6.42 Å². The standard InChI is InChI=1S/C21H14BrF3N4O2S/c22-12-8-9-15(17(11-12)31-21(23,24)25)28-20(32)27-14-6-2-1-5-13(14)19-29-18-16(30-19)7-3-4-10-26-18/h1-2,4-11H,3H2,(H2,27,28,32). The summed E-state index contributed by atoms with van der Waals surface area (Å²) in [6.07, 6.45) is 1.25. The normalized spacial score (nSPS) is 12.8. The van der Waals surface area contributed by atoms with Crippen LogP contribution >= 0.6 is 28.1 Å². The molecule has 4 rings (SSSR count). The lowest BCUT2D eigenvalue weighted by atomic mass is 10.2. The Hall–Kier alpha value is -3.18. The average Bonchev–Trinajstić information content (AvgIpc) is 2.99. The molecule has 2 heterocycles. The van der Waals surface area contributed by atoms with Crippen molar-refractivity contribution in [1.82, 2.24) is 4.98 Å². The first-order valence-electron chi connectivity index (χ1n) is 9.21. The number of hydrogen-bond acceptors (Lipinski definition) is 5. The van der Waals surface area contributed by atoms with E-state index in [4.69, 9.17) is 16.6 Å². The molecule has 0 saturated carbocycles. The van der Waals surface area contributed by atoms with Gasteiger partial charge in [-0.1, -0.05) is 34.1 Å². The van der Waals surface area contributed by atoms with E-state index in [1.54, 1.807) is 36.5 Å². The zero-order chi connectivity index (χ0) is 22.7. The molecule has 1 aromatic heterocycles. The second-order valence-electron chi connectivity index (χ2n) is 6.47. The predicted molar refractivity (Wildman–Crippen MR) is 122 cm³/mol. The summed E-state index contributed by atoms with van der Waals surface area (Å²) in [5.74, 6) is -0.0908. The third kappa shape index (κ3) is 5.35. The van der Waals surface area contributed by atoms with Crippen molar-refractivity contribution in [1.29, 1.82) is 0 Å². The van der Waals surface area contributed by atoms with Crippen molar-refractivity contribution in [2.24, 2.45) is 4.99 Å². The topological polar surface area (TPSA) is 71.7 Å². The van der Waals surface area contributed by atoms with Crippen LogP contribution in [0.25, 0.3) is 17.5 Å². The van der Waals surface area contributed by atoms with Crippen LogP contribution in [0.3, 0.4) is 0 Å². The molecule has 0 fully saturated rings. The maximum Gasteiger partial charge on any atom is 0.573 e. The molecule has 0 radical (unpaired) electrons. The summed E-state index contributed by atoms with van der Waals surface area (Å²) in [7, 11) is 0. The van der Waals surface area contributed by atoms with Crippen LogP contribution < -0.4 is 26.3 Å². The van der Waals surface area contributed by atoms with Crippen LogP contribution in [0.4, 0.5) is 24.5 Å². The molecule has 6 nitrogen and oxygen atoms in total. The van der Waals surface area contributed by atoms with Crippen molar-refractivity contribution in [3.05, 3.63) is 70.1 Å². The molecule has 2 aromatic carbocycles. The van der Waals surface area contributed by atoms with E-state index in [0.29, 0.717) is 38.9 Å². The third-order valence-corrected chi connectivity index (χ3v) is 4.90. The number of halogens is 4. The molecule has 164 valence electrons. The number of nitrogens with one attached hydrogen (secondary N) is 2. The summed E-state index contributed by atoms with van der Waals surface area (Å²) in [5, 5.41) is 5.76. The zero-order valence-corrected chi connectivity index (χ0v) is 18.5. The summed E-state index contributed by atoms with van der Waals surface area (Å²) in [6.45, 7) is 0. The van der Waals surface area contributed by atoms with E-state index in [1.807, 2.05) is 12.2 Å². The Morgan fingerprint density at radius 3 is 2.72 bits per heavy atom. The first-order chi connectivity index (χ1) is 15.3. The number of fused-ring (bicyclic) bond motifs is 1. The molecule has 32 heavy (non-hydrogen) atoms. The number of hydrogen-bond donors (Lipinski definition) is 2. The smallest absolute Gasteiger partial charge is 0.435 e. The van der Waals surface area contributed by atoms with E-state index in [-0.39, 0.29) is 10.8 Å². The molecule has 1 aliphatic heterocycles. The highest BCUT2D eigenvalue weighted by atomic mass is 79.9. The van der Waals surface area contributed by atoms with E-state index in [9.17, 15) is 13.2 Å².